The minimum absolute atomic E-state index is 0.00385. The van der Waals surface area contributed by atoms with E-state index in [0.29, 0.717) is 0 Å². The molecule has 7 nitrogen and oxygen atoms in total. The van der Waals surface area contributed by atoms with Gasteiger partial charge < -0.3 is 20.9 Å². The number of aromatic nitrogens is 1. The SMILES string of the molecule is Nc1[nH]c(=O)c(C(=O)O)c(-c2ccc(-c3ccccc3C(F)(F)F)cc2)c1C(=O)O. The Morgan fingerprint density at radius 3 is 1.93 bits per heavy atom. The number of benzene rings is 2. The lowest BCUT2D eigenvalue weighted by Gasteiger charge is -2.15. The highest BCUT2D eigenvalue weighted by Crippen LogP contribution is 2.38. The first-order valence-corrected chi connectivity index (χ1v) is 8.31. The smallest absolute Gasteiger partial charge is 0.417 e. The van der Waals surface area contributed by atoms with E-state index in [1.54, 1.807) is 0 Å². The molecule has 3 aromatic rings. The van der Waals surface area contributed by atoms with Crippen LogP contribution in [0.3, 0.4) is 0 Å². The molecule has 0 spiro atoms. The Bertz CT molecular complexity index is 1210. The molecule has 0 aliphatic heterocycles. The predicted molar refractivity (Wildman–Crippen MR) is 101 cm³/mol. The van der Waals surface area contributed by atoms with Crippen molar-refractivity contribution in [3.8, 4) is 22.3 Å². The summed E-state index contributed by atoms with van der Waals surface area (Å²) >= 11 is 0. The molecule has 0 amide bonds. The zero-order chi connectivity index (χ0) is 22.2. The lowest BCUT2D eigenvalue weighted by molar-refractivity contribution is -0.137. The molecule has 30 heavy (non-hydrogen) atoms. The summed E-state index contributed by atoms with van der Waals surface area (Å²) in [6, 6.07) is 9.88. The Balaban J connectivity index is 2.24. The number of hydrogen-bond acceptors (Lipinski definition) is 4. The lowest BCUT2D eigenvalue weighted by atomic mass is 9.92. The van der Waals surface area contributed by atoms with Crippen LogP contribution in [0, 0.1) is 0 Å². The van der Waals surface area contributed by atoms with E-state index < -0.39 is 51.7 Å². The number of carboxylic acid groups (broad SMARTS) is 2. The molecule has 0 aliphatic carbocycles. The summed E-state index contributed by atoms with van der Waals surface area (Å²) in [5.74, 6) is -3.80. The van der Waals surface area contributed by atoms with E-state index in [2.05, 4.69) is 0 Å². The number of alkyl halides is 3. The first kappa shape index (κ1) is 20.6. The van der Waals surface area contributed by atoms with Crippen LogP contribution in [0.4, 0.5) is 19.0 Å². The largest absolute Gasteiger partial charge is 0.478 e. The summed E-state index contributed by atoms with van der Waals surface area (Å²) in [6.45, 7) is 0. The number of anilines is 1. The van der Waals surface area contributed by atoms with Gasteiger partial charge in [0.15, 0.2) is 0 Å². The summed E-state index contributed by atoms with van der Waals surface area (Å²) in [4.78, 5) is 37.2. The highest BCUT2D eigenvalue weighted by atomic mass is 19.4. The number of nitrogens with two attached hydrogens (primary N) is 1. The molecule has 0 saturated heterocycles. The minimum Gasteiger partial charge on any atom is -0.478 e. The molecular formula is C20H13F3N2O5. The van der Waals surface area contributed by atoms with Gasteiger partial charge >= 0.3 is 18.1 Å². The number of aromatic amines is 1. The molecule has 0 atom stereocenters. The average molecular weight is 418 g/mol. The Hall–Kier alpha value is -4.08. The highest BCUT2D eigenvalue weighted by molar-refractivity contribution is 6.07. The van der Waals surface area contributed by atoms with Gasteiger partial charge in [-0.3, -0.25) is 4.79 Å². The van der Waals surface area contributed by atoms with Crippen LogP contribution in [0.1, 0.15) is 26.3 Å². The Morgan fingerprint density at radius 1 is 0.867 bits per heavy atom. The zero-order valence-corrected chi connectivity index (χ0v) is 14.9. The number of halogens is 3. The molecule has 10 heteroatoms. The number of H-pyrrole nitrogens is 1. The average Bonchev–Trinajstić information content (AvgIpc) is 2.66. The minimum atomic E-state index is -4.59. The van der Waals surface area contributed by atoms with Crippen molar-refractivity contribution in [3.63, 3.8) is 0 Å². The Labute approximate surface area is 166 Å². The number of hydrogen-bond donors (Lipinski definition) is 4. The van der Waals surface area contributed by atoms with E-state index in [1.165, 1.54) is 42.5 Å². The lowest BCUT2D eigenvalue weighted by Crippen LogP contribution is -2.24. The summed E-state index contributed by atoms with van der Waals surface area (Å²) in [6.07, 6.45) is -4.59. The zero-order valence-electron chi connectivity index (χ0n) is 14.9. The molecule has 154 valence electrons. The van der Waals surface area contributed by atoms with E-state index in [1.807, 2.05) is 4.98 Å². The van der Waals surface area contributed by atoms with Crippen molar-refractivity contribution in [2.24, 2.45) is 0 Å². The molecule has 0 unspecified atom stereocenters. The number of nitrogens with one attached hydrogen (secondary N) is 1. The quantitative estimate of drug-likeness (QED) is 0.511. The molecule has 0 radical (unpaired) electrons. The van der Waals surface area contributed by atoms with Crippen LogP contribution in [0.2, 0.25) is 0 Å². The van der Waals surface area contributed by atoms with Gasteiger partial charge in [0.1, 0.15) is 16.9 Å². The van der Waals surface area contributed by atoms with E-state index in [0.717, 1.165) is 6.07 Å². The van der Waals surface area contributed by atoms with Crippen LogP contribution in [-0.2, 0) is 6.18 Å². The number of rotatable bonds is 4. The van der Waals surface area contributed by atoms with Crippen LogP contribution in [0.5, 0.6) is 0 Å². The van der Waals surface area contributed by atoms with Gasteiger partial charge in [-0.15, -0.1) is 0 Å². The molecule has 5 N–H and O–H groups in total. The second-order valence-electron chi connectivity index (χ2n) is 6.22. The second kappa shape index (κ2) is 7.39. The van der Waals surface area contributed by atoms with E-state index in [9.17, 15) is 37.8 Å². The number of carboxylic acids is 2. The van der Waals surface area contributed by atoms with Crippen molar-refractivity contribution >= 4 is 17.8 Å². The summed E-state index contributed by atoms with van der Waals surface area (Å²) < 4.78 is 39.8. The fourth-order valence-electron chi connectivity index (χ4n) is 3.13. The van der Waals surface area contributed by atoms with Gasteiger partial charge in [0.05, 0.1) is 5.56 Å². The normalized spacial score (nSPS) is 11.3. The second-order valence-corrected chi connectivity index (χ2v) is 6.22. The van der Waals surface area contributed by atoms with Crippen molar-refractivity contribution in [1.29, 1.82) is 0 Å². The van der Waals surface area contributed by atoms with Gasteiger partial charge in [-0.2, -0.15) is 13.2 Å². The van der Waals surface area contributed by atoms with Gasteiger partial charge in [0, 0.05) is 5.56 Å². The highest BCUT2D eigenvalue weighted by Gasteiger charge is 2.33. The van der Waals surface area contributed by atoms with Gasteiger partial charge in [0.2, 0.25) is 0 Å². The molecule has 0 saturated carbocycles. The van der Waals surface area contributed by atoms with E-state index in [-0.39, 0.29) is 16.7 Å². The van der Waals surface area contributed by atoms with Crippen LogP contribution in [0.25, 0.3) is 22.3 Å². The van der Waals surface area contributed by atoms with Crippen LogP contribution < -0.4 is 11.3 Å². The molecule has 2 aromatic carbocycles. The van der Waals surface area contributed by atoms with Crippen molar-refractivity contribution < 1.29 is 33.0 Å². The third-order valence-electron chi connectivity index (χ3n) is 4.39. The third kappa shape index (κ3) is 3.62. The van der Waals surface area contributed by atoms with Crippen molar-refractivity contribution in [1.82, 2.24) is 4.98 Å². The predicted octanol–water partition coefficient (Wildman–Crippen LogP) is 3.71. The topological polar surface area (TPSA) is 133 Å². The van der Waals surface area contributed by atoms with Crippen molar-refractivity contribution in [2.75, 3.05) is 5.73 Å². The van der Waals surface area contributed by atoms with E-state index in [4.69, 9.17) is 5.73 Å². The maximum absolute atomic E-state index is 13.3. The first-order valence-electron chi connectivity index (χ1n) is 8.31. The van der Waals surface area contributed by atoms with Crippen LogP contribution in [-0.4, -0.2) is 27.1 Å². The molecule has 3 rings (SSSR count). The Morgan fingerprint density at radius 2 is 1.40 bits per heavy atom. The Kier molecular flexibility index (Phi) is 5.09. The fourth-order valence-corrected chi connectivity index (χ4v) is 3.13. The number of carbonyl (C=O) groups is 2. The summed E-state index contributed by atoms with van der Waals surface area (Å²) in [5.41, 5.74) is 1.73. The number of pyridine rings is 1. The molecule has 0 bridgehead atoms. The van der Waals surface area contributed by atoms with Gasteiger partial charge in [-0.25, -0.2) is 9.59 Å². The van der Waals surface area contributed by atoms with Gasteiger partial charge in [0.25, 0.3) is 5.56 Å². The monoisotopic (exact) mass is 418 g/mol. The maximum atomic E-state index is 13.3. The standard InChI is InChI=1S/C20H13F3N2O5/c21-20(22,23)12-4-2-1-3-11(12)9-5-7-10(8-6-9)13-14(18(27)28)16(24)25-17(26)15(13)19(29)30/h1-8H,(H,27,28)(H,29,30)(H3,24,25,26). The first-order chi connectivity index (χ1) is 14.0. The van der Waals surface area contributed by atoms with Crippen molar-refractivity contribution in [3.05, 3.63) is 75.6 Å². The molecule has 1 aromatic heterocycles. The third-order valence-corrected chi connectivity index (χ3v) is 4.39. The maximum Gasteiger partial charge on any atom is 0.417 e. The summed E-state index contributed by atoms with van der Waals surface area (Å²) in [5, 5.41) is 18.8. The number of aromatic carboxylic acids is 2. The molecule has 0 fully saturated rings. The van der Waals surface area contributed by atoms with E-state index >= 15 is 0 Å². The molecular weight excluding hydrogens is 405 g/mol. The number of nitrogen functional groups attached to an aromatic ring is 1. The molecule has 0 aliphatic rings. The van der Waals surface area contributed by atoms with Crippen molar-refractivity contribution in [2.45, 2.75) is 6.18 Å². The molecule has 1 heterocycles. The van der Waals surface area contributed by atoms with Gasteiger partial charge in [-0.1, -0.05) is 42.5 Å². The van der Waals surface area contributed by atoms with Crippen LogP contribution in [0.15, 0.2) is 53.3 Å². The van der Waals surface area contributed by atoms with Crippen LogP contribution >= 0.6 is 0 Å². The van der Waals surface area contributed by atoms with Gasteiger partial charge in [-0.05, 0) is 22.8 Å². The summed E-state index contributed by atoms with van der Waals surface area (Å²) in [7, 11) is 0. The fraction of sp³-hybridized carbons (Fsp3) is 0.0500.